The molecule has 0 aromatic heterocycles. The van der Waals surface area contributed by atoms with Crippen LogP contribution in [0.25, 0.3) is 6.08 Å². The first-order chi connectivity index (χ1) is 8.38. The maximum Gasteiger partial charge on any atom is 0.161 e. The molecule has 1 fully saturated rings. The van der Waals surface area contributed by atoms with E-state index in [1.165, 1.54) is 17.6 Å². The Morgan fingerprint density at radius 1 is 1.35 bits per heavy atom. The van der Waals surface area contributed by atoms with Crippen molar-refractivity contribution in [1.29, 1.82) is 0 Å². The Bertz CT molecular complexity index is 356. The van der Waals surface area contributed by atoms with E-state index in [1.54, 1.807) is 0 Å². The van der Waals surface area contributed by atoms with Crippen molar-refractivity contribution in [3.8, 4) is 0 Å². The number of rotatable bonds is 5. The zero-order valence-electron chi connectivity index (χ0n) is 10.4. The summed E-state index contributed by atoms with van der Waals surface area (Å²) >= 11 is 0. The third kappa shape index (κ3) is 3.99. The van der Waals surface area contributed by atoms with E-state index in [0.717, 1.165) is 19.4 Å². The summed E-state index contributed by atoms with van der Waals surface area (Å²) in [4.78, 5) is 0. The first-order valence-corrected chi connectivity index (χ1v) is 6.36. The average molecular weight is 232 g/mol. The van der Waals surface area contributed by atoms with E-state index in [2.05, 4.69) is 37.3 Å². The van der Waals surface area contributed by atoms with Crippen LogP contribution in [0.4, 0.5) is 0 Å². The van der Waals surface area contributed by atoms with E-state index in [0.29, 0.717) is 6.61 Å². The molecule has 92 valence electrons. The normalized spacial score (nSPS) is 22.2. The number of hydrogen-bond donors (Lipinski definition) is 0. The summed E-state index contributed by atoms with van der Waals surface area (Å²) in [6, 6.07) is 10.4. The van der Waals surface area contributed by atoms with Gasteiger partial charge in [0.2, 0.25) is 0 Å². The molecule has 17 heavy (non-hydrogen) atoms. The van der Waals surface area contributed by atoms with Crippen LogP contribution in [-0.4, -0.2) is 19.5 Å². The summed E-state index contributed by atoms with van der Waals surface area (Å²) in [5, 5.41) is 0. The number of hydrogen-bond acceptors (Lipinski definition) is 2. The molecule has 0 amide bonds. The van der Waals surface area contributed by atoms with Gasteiger partial charge in [-0.2, -0.15) is 0 Å². The fourth-order valence-electron chi connectivity index (χ4n) is 1.88. The van der Waals surface area contributed by atoms with Crippen molar-refractivity contribution >= 4 is 6.08 Å². The average Bonchev–Trinajstić information content (AvgIpc) is 2.79. The quantitative estimate of drug-likeness (QED) is 0.722. The Labute approximate surface area is 103 Å². The number of unbranched alkanes of at least 4 members (excludes halogenated alkanes) is 1. The molecule has 0 saturated carbocycles. The second-order valence-corrected chi connectivity index (χ2v) is 4.38. The fraction of sp³-hybridized carbons (Fsp3) is 0.467. The van der Waals surface area contributed by atoms with Crippen molar-refractivity contribution in [3.05, 3.63) is 41.5 Å². The van der Waals surface area contributed by atoms with Crippen LogP contribution >= 0.6 is 0 Å². The van der Waals surface area contributed by atoms with Crippen LogP contribution in [0, 0.1) is 0 Å². The Balaban J connectivity index is 1.83. The minimum atomic E-state index is -0.0310. The molecular formula is C15H20O2. The van der Waals surface area contributed by atoms with Crippen LogP contribution in [0.5, 0.6) is 0 Å². The van der Waals surface area contributed by atoms with Crippen LogP contribution < -0.4 is 0 Å². The van der Waals surface area contributed by atoms with Crippen LogP contribution in [0.2, 0.25) is 0 Å². The first-order valence-electron chi connectivity index (χ1n) is 6.36. The van der Waals surface area contributed by atoms with E-state index in [9.17, 15) is 0 Å². The molecule has 2 heteroatoms. The van der Waals surface area contributed by atoms with Gasteiger partial charge in [0.05, 0.1) is 6.61 Å². The molecule has 1 aromatic rings. The zero-order valence-corrected chi connectivity index (χ0v) is 10.4. The molecule has 0 unspecified atom stereocenters. The Morgan fingerprint density at radius 2 is 2.18 bits per heavy atom. The lowest BCUT2D eigenvalue weighted by molar-refractivity contribution is -0.111. The van der Waals surface area contributed by atoms with Crippen LogP contribution in [-0.2, 0) is 9.47 Å². The Hall–Kier alpha value is -1.12. The van der Waals surface area contributed by atoms with Crippen molar-refractivity contribution < 1.29 is 9.47 Å². The topological polar surface area (TPSA) is 18.5 Å². The third-order valence-electron chi connectivity index (χ3n) is 2.86. The van der Waals surface area contributed by atoms with E-state index >= 15 is 0 Å². The molecule has 0 spiro atoms. The minimum Gasteiger partial charge on any atom is -0.352 e. The van der Waals surface area contributed by atoms with Crippen molar-refractivity contribution in [1.82, 2.24) is 0 Å². The highest BCUT2D eigenvalue weighted by Crippen LogP contribution is 2.22. The molecule has 1 saturated heterocycles. The summed E-state index contributed by atoms with van der Waals surface area (Å²) < 4.78 is 11.2. The molecule has 1 aliphatic rings. The second-order valence-electron chi connectivity index (χ2n) is 4.38. The smallest absolute Gasteiger partial charge is 0.161 e. The summed E-state index contributed by atoms with van der Waals surface area (Å²) in [7, 11) is 0. The highest BCUT2D eigenvalue weighted by molar-refractivity contribution is 5.53. The van der Waals surface area contributed by atoms with Gasteiger partial charge in [-0.1, -0.05) is 49.8 Å². The molecule has 0 aliphatic carbocycles. The number of ether oxygens (including phenoxy) is 2. The van der Waals surface area contributed by atoms with Gasteiger partial charge in [0, 0.05) is 13.0 Å². The maximum absolute atomic E-state index is 5.65. The van der Waals surface area contributed by atoms with Crippen LogP contribution in [0.3, 0.4) is 0 Å². The monoisotopic (exact) mass is 232 g/mol. The van der Waals surface area contributed by atoms with Gasteiger partial charge in [0.25, 0.3) is 0 Å². The van der Waals surface area contributed by atoms with Gasteiger partial charge in [0.1, 0.15) is 0 Å². The molecule has 0 N–H and O–H groups in total. The summed E-state index contributed by atoms with van der Waals surface area (Å²) in [6.07, 6.45) is 5.34. The van der Waals surface area contributed by atoms with Gasteiger partial charge in [-0.15, -0.1) is 0 Å². The summed E-state index contributed by atoms with van der Waals surface area (Å²) in [5.74, 6) is 0. The van der Waals surface area contributed by atoms with Gasteiger partial charge < -0.3 is 9.47 Å². The maximum atomic E-state index is 5.65. The van der Waals surface area contributed by atoms with Gasteiger partial charge in [-0.3, -0.25) is 0 Å². The molecule has 0 radical (unpaired) electrons. The highest BCUT2D eigenvalue weighted by Gasteiger charge is 2.19. The lowest BCUT2D eigenvalue weighted by Gasteiger charge is -2.09. The van der Waals surface area contributed by atoms with Crippen LogP contribution in [0.1, 0.15) is 31.7 Å². The van der Waals surface area contributed by atoms with Gasteiger partial charge in [0.15, 0.2) is 6.29 Å². The zero-order chi connectivity index (χ0) is 11.9. The largest absolute Gasteiger partial charge is 0.352 e. The molecule has 1 atom stereocenters. The van der Waals surface area contributed by atoms with Gasteiger partial charge in [-0.05, 0) is 17.6 Å². The van der Waals surface area contributed by atoms with Crippen molar-refractivity contribution in [3.63, 3.8) is 0 Å². The van der Waals surface area contributed by atoms with E-state index in [-0.39, 0.29) is 6.29 Å². The molecule has 1 heterocycles. The van der Waals surface area contributed by atoms with E-state index in [4.69, 9.17) is 9.47 Å². The lowest BCUT2D eigenvalue weighted by atomic mass is 10.1. The molecule has 1 aromatic carbocycles. The van der Waals surface area contributed by atoms with Crippen molar-refractivity contribution in [2.45, 2.75) is 32.5 Å². The number of benzene rings is 1. The van der Waals surface area contributed by atoms with Crippen LogP contribution in [0.15, 0.2) is 35.9 Å². The summed E-state index contributed by atoms with van der Waals surface area (Å²) in [6.45, 7) is 3.67. The fourth-order valence-corrected chi connectivity index (χ4v) is 1.88. The first kappa shape index (κ1) is 12.3. The molecule has 2 rings (SSSR count). The lowest BCUT2D eigenvalue weighted by Crippen LogP contribution is -2.11. The Morgan fingerprint density at radius 3 is 2.94 bits per heavy atom. The van der Waals surface area contributed by atoms with E-state index in [1.807, 2.05) is 6.07 Å². The van der Waals surface area contributed by atoms with E-state index < -0.39 is 0 Å². The van der Waals surface area contributed by atoms with Gasteiger partial charge in [-0.25, -0.2) is 0 Å². The van der Waals surface area contributed by atoms with Gasteiger partial charge >= 0.3 is 0 Å². The van der Waals surface area contributed by atoms with Crippen molar-refractivity contribution in [2.75, 3.05) is 13.2 Å². The second kappa shape index (κ2) is 6.58. The molecular weight excluding hydrogens is 212 g/mol. The molecule has 1 aliphatic heterocycles. The summed E-state index contributed by atoms with van der Waals surface area (Å²) in [5.41, 5.74) is 2.55. The SMILES string of the molecule is CCCCO[C@H]1C/C(=C/c2ccccc2)CO1. The Kier molecular flexibility index (Phi) is 4.77. The van der Waals surface area contributed by atoms with Crippen molar-refractivity contribution in [2.24, 2.45) is 0 Å². The highest BCUT2D eigenvalue weighted by atomic mass is 16.7. The molecule has 2 nitrogen and oxygen atoms in total. The predicted molar refractivity (Wildman–Crippen MR) is 69.6 cm³/mol. The predicted octanol–water partition coefficient (Wildman–Crippen LogP) is 3.63. The third-order valence-corrected chi connectivity index (χ3v) is 2.86. The molecule has 0 bridgehead atoms. The minimum absolute atomic E-state index is 0.0310. The standard InChI is InChI=1S/C15H20O2/c1-2-3-9-16-15-11-14(12-17-15)10-13-7-5-4-6-8-13/h4-8,10,15H,2-3,9,11-12H2,1H3/b14-10-/t15-/m1/s1.